The summed E-state index contributed by atoms with van der Waals surface area (Å²) in [5, 5.41) is 8.58. The zero-order valence-corrected chi connectivity index (χ0v) is 12.2. The molecule has 4 nitrogen and oxygen atoms in total. The Balaban J connectivity index is 1.80. The van der Waals surface area contributed by atoms with Gasteiger partial charge in [-0.05, 0) is 23.3 Å². The van der Waals surface area contributed by atoms with E-state index in [0.717, 1.165) is 23.3 Å². The van der Waals surface area contributed by atoms with Gasteiger partial charge in [0, 0.05) is 13.0 Å². The van der Waals surface area contributed by atoms with Gasteiger partial charge in [0.05, 0.1) is 6.54 Å². The first-order chi connectivity index (χ1) is 10.0. The predicted molar refractivity (Wildman–Crippen MR) is 78.0 cm³/mol. The standard InChI is InChI=1S/C15H16FNO3S/c16-15(14(19)20)6-7-17(9-15)13(18)12-11-4-2-1-3-10(11)5-8-21-12/h1-4,12H,5-9H2,(H,19,20). The smallest absolute Gasteiger partial charge is 0.343 e. The Morgan fingerprint density at radius 2 is 2.14 bits per heavy atom. The molecule has 0 aliphatic carbocycles. The van der Waals surface area contributed by atoms with Gasteiger partial charge in [-0.25, -0.2) is 9.18 Å². The van der Waals surface area contributed by atoms with Crippen LogP contribution in [0.2, 0.25) is 0 Å². The van der Waals surface area contributed by atoms with Gasteiger partial charge in [-0.2, -0.15) is 0 Å². The van der Waals surface area contributed by atoms with Gasteiger partial charge in [0.1, 0.15) is 5.25 Å². The van der Waals surface area contributed by atoms with Gasteiger partial charge < -0.3 is 10.0 Å². The summed E-state index contributed by atoms with van der Waals surface area (Å²) in [5.41, 5.74) is -0.168. The molecule has 1 fully saturated rings. The van der Waals surface area contributed by atoms with Crippen molar-refractivity contribution in [2.75, 3.05) is 18.8 Å². The second kappa shape index (κ2) is 5.33. The molecule has 0 radical (unpaired) electrons. The van der Waals surface area contributed by atoms with E-state index in [9.17, 15) is 14.0 Å². The van der Waals surface area contributed by atoms with E-state index in [0.29, 0.717) is 0 Å². The van der Waals surface area contributed by atoms with Crippen molar-refractivity contribution in [1.82, 2.24) is 4.90 Å². The van der Waals surface area contributed by atoms with Gasteiger partial charge in [0.15, 0.2) is 0 Å². The van der Waals surface area contributed by atoms with Crippen LogP contribution in [0.25, 0.3) is 0 Å². The molecule has 0 saturated carbocycles. The minimum Gasteiger partial charge on any atom is -0.479 e. The summed E-state index contributed by atoms with van der Waals surface area (Å²) in [6, 6.07) is 7.78. The third-order valence-corrected chi connectivity index (χ3v) is 5.36. The van der Waals surface area contributed by atoms with E-state index in [4.69, 9.17) is 5.11 Å². The van der Waals surface area contributed by atoms with E-state index >= 15 is 0 Å². The van der Waals surface area contributed by atoms with Gasteiger partial charge in [0.25, 0.3) is 0 Å². The van der Waals surface area contributed by atoms with Gasteiger partial charge in [-0.3, -0.25) is 4.79 Å². The fourth-order valence-corrected chi connectivity index (χ4v) is 4.17. The lowest BCUT2D eigenvalue weighted by Gasteiger charge is -2.28. The number of benzene rings is 1. The van der Waals surface area contributed by atoms with Gasteiger partial charge >= 0.3 is 5.97 Å². The first kappa shape index (κ1) is 14.4. The number of hydrogen-bond acceptors (Lipinski definition) is 3. The van der Waals surface area contributed by atoms with Crippen molar-refractivity contribution in [2.24, 2.45) is 0 Å². The molecule has 1 saturated heterocycles. The maximum Gasteiger partial charge on any atom is 0.343 e. The number of rotatable bonds is 2. The highest BCUT2D eigenvalue weighted by atomic mass is 32.2. The molecule has 3 rings (SSSR count). The number of likely N-dealkylation sites (tertiary alicyclic amines) is 1. The Kier molecular flexibility index (Phi) is 3.65. The number of halogens is 1. The average molecular weight is 309 g/mol. The first-order valence-corrected chi connectivity index (χ1v) is 7.97. The Bertz CT molecular complexity index is 594. The van der Waals surface area contributed by atoms with E-state index in [2.05, 4.69) is 0 Å². The number of nitrogens with zero attached hydrogens (tertiary/aromatic N) is 1. The topological polar surface area (TPSA) is 57.6 Å². The van der Waals surface area contributed by atoms with Crippen LogP contribution in [0, 0.1) is 0 Å². The van der Waals surface area contributed by atoms with Crippen LogP contribution < -0.4 is 0 Å². The fraction of sp³-hybridized carbons (Fsp3) is 0.467. The quantitative estimate of drug-likeness (QED) is 0.908. The molecule has 1 N–H and O–H groups in total. The Labute approximate surface area is 126 Å². The third kappa shape index (κ3) is 2.52. The number of carboxylic acids is 1. The Morgan fingerprint density at radius 3 is 2.86 bits per heavy atom. The Morgan fingerprint density at radius 1 is 1.38 bits per heavy atom. The summed E-state index contributed by atoms with van der Waals surface area (Å²) in [7, 11) is 0. The highest BCUT2D eigenvalue weighted by molar-refractivity contribution is 8.00. The predicted octanol–water partition coefficient (Wildman–Crippen LogP) is 2.04. The molecule has 6 heteroatoms. The summed E-state index contributed by atoms with van der Waals surface area (Å²) >= 11 is 1.55. The van der Waals surface area contributed by atoms with Crippen molar-refractivity contribution in [3.05, 3.63) is 35.4 Å². The molecule has 2 aliphatic heterocycles. The summed E-state index contributed by atoms with van der Waals surface area (Å²) < 4.78 is 14.1. The molecule has 21 heavy (non-hydrogen) atoms. The van der Waals surface area contributed by atoms with Gasteiger partial charge in [-0.1, -0.05) is 24.3 Å². The lowest BCUT2D eigenvalue weighted by atomic mass is 10.0. The van der Waals surface area contributed by atoms with Crippen LogP contribution in [-0.2, 0) is 16.0 Å². The van der Waals surface area contributed by atoms with E-state index in [1.54, 1.807) is 11.8 Å². The number of carboxylic acid groups (broad SMARTS) is 1. The van der Waals surface area contributed by atoms with Crippen LogP contribution in [0.4, 0.5) is 4.39 Å². The molecule has 1 aromatic carbocycles. The number of alkyl halides is 1. The van der Waals surface area contributed by atoms with Crippen LogP contribution in [0.5, 0.6) is 0 Å². The normalized spacial score (nSPS) is 28.2. The van der Waals surface area contributed by atoms with E-state index in [1.807, 2.05) is 24.3 Å². The SMILES string of the molecule is O=C(C1SCCc2ccccc21)N1CCC(F)(C(=O)O)C1. The summed E-state index contributed by atoms with van der Waals surface area (Å²) in [6.07, 6.45) is 0.792. The maximum atomic E-state index is 14.1. The van der Waals surface area contributed by atoms with Crippen LogP contribution >= 0.6 is 11.8 Å². The second-order valence-electron chi connectivity index (χ2n) is 5.48. The third-order valence-electron chi connectivity index (χ3n) is 4.13. The highest BCUT2D eigenvalue weighted by Gasteiger charge is 2.48. The van der Waals surface area contributed by atoms with Crippen molar-refractivity contribution in [2.45, 2.75) is 23.8 Å². The molecule has 2 aliphatic rings. The minimum atomic E-state index is -2.30. The monoisotopic (exact) mass is 309 g/mol. The lowest BCUT2D eigenvalue weighted by molar-refractivity contribution is -0.150. The number of carbonyl (C=O) groups excluding carboxylic acids is 1. The summed E-state index contributed by atoms with van der Waals surface area (Å²) in [6.45, 7) is -0.179. The summed E-state index contributed by atoms with van der Waals surface area (Å²) in [5.74, 6) is -0.802. The zero-order valence-electron chi connectivity index (χ0n) is 11.4. The average Bonchev–Trinajstić information content (AvgIpc) is 2.90. The molecule has 112 valence electrons. The molecule has 2 atom stereocenters. The van der Waals surface area contributed by atoms with Crippen molar-refractivity contribution in [3.8, 4) is 0 Å². The number of carbonyl (C=O) groups is 2. The van der Waals surface area contributed by atoms with E-state index < -0.39 is 11.6 Å². The van der Waals surface area contributed by atoms with E-state index in [1.165, 1.54) is 4.90 Å². The highest BCUT2D eigenvalue weighted by Crippen LogP contribution is 2.39. The number of thioether (sulfide) groups is 1. The first-order valence-electron chi connectivity index (χ1n) is 6.92. The fourth-order valence-electron chi connectivity index (χ4n) is 2.90. The Hall–Kier alpha value is -1.56. The number of amides is 1. The maximum absolute atomic E-state index is 14.1. The number of hydrogen-bond donors (Lipinski definition) is 1. The zero-order chi connectivity index (χ0) is 15.0. The molecule has 2 heterocycles. The number of aryl methyl sites for hydroxylation is 1. The lowest BCUT2D eigenvalue weighted by Crippen LogP contribution is -2.40. The molecular weight excluding hydrogens is 293 g/mol. The molecular formula is C15H16FNO3S. The molecule has 1 amide bonds. The second-order valence-corrected chi connectivity index (χ2v) is 6.69. The van der Waals surface area contributed by atoms with Crippen LogP contribution in [0.15, 0.2) is 24.3 Å². The number of fused-ring (bicyclic) bond motifs is 1. The van der Waals surface area contributed by atoms with Crippen LogP contribution in [0.1, 0.15) is 22.8 Å². The van der Waals surface area contributed by atoms with Crippen LogP contribution in [0.3, 0.4) is 0 Å². The van der Waals surface area contributed by atoms with Crippen LogP contribution in [-0.4, -0.2) is 46.4 Å². The summed E-state index contributed by atoms with van der Waals surface area (Å²) in [4.78, 5) is 24.9. The van der Waals surface area contributed by atoms with Crippen molar-refractivity contribution >= 4 is 23.6 Å². The molecule has 0 bridgehead atoms. The minimum absolute atomic E-state index is 0.132. The van der Waals surface area contributed by atoms with Gasteiger partial charge in [-0.15, -0.1) is 11.8 Å². The molecule has 2 unspecified atom stereocenters. The van der Waals surface area contributed by atoms with Gasteiger partial charge in [0.2, 0.25) is 11.6 Å². The largest absolute Gasteiger partial charge is 0.479 e. The van der Waals surface area contributed by atoms with Crippen molar-refractivity contribution < 1.29 is 19.1 Å². The molecule has 0 spiro atoms. The van der Waals surface area contributed by atoms with E-state index in [-0.39, 0.29) is 30.7 Å². The molecule has 0 aromatic heterocycles. The molecule has 1 aromatic rings. The van der Waals surface area contributed by atoms with Crippen molar-refractivity contribution in [3.63, 3.8) is 0 Å². The number of aliphatic carboxylic acids is 1. The van der Waals surface area contributed by atoms with Crippen molar-refractivity contribution in [1.29, 1.82) is 0 Å².